The van der Waals surface area contributed by atoms with Gasteiger partial charge in [-0.3, -0.25) is 4.79 Å². The molecule has 8 nitrogen and oxygen atoms in total. The lowest BCUT2D eigenvalue weighted by atomic mass is 10.3. The van der Waals surface area contributed by atoms with Crippen LogP contribution >= 0.6 is 0 Å². The van der Waals surface area contributed by atoms with Gasteiger partial charge in [-0.15, -0.1) is 10.2 Å². The Morgan fingerprint density at radius 2 is 1.52 bits per heavy atom. The number of rotatable bonds is 9. The van der Waals surface area contributed by atoms with E-state index < -0.39 is 0 Å². The highest BCUT2D eigenvalue weighted by Gasteiger charge is 2.09. The number of carbonyl (C=O) groups excluding carboxylic acids is 1. The average Bonchev–Trinajstić information content (AvgIpc) is 2.75. The van der Waals surface area contributed by atoms with Gasteiger partial charge in [0, 0.05) is 0 Å². The Labute approximate surface area is 168 Å². The lowest BCUT2D eigenvalue weighted by molar-refractivity contribution is -0.118. The molecule has 0 aliphatic carbocycles. The topological polar surface area (TPSA) is 94.6 Å². The summed E-state index contributed by atoms with van der Waals surface area (Å²) in [4.78, 5) is 12.1. The minimum absolute atomic E-state index is 0.177. The van der Waals surface area contributed by atoms with Crippen LogP contribution in [0, 0.1) is 0 Å². The van der Waals surface area contributed by atoms with Gasteiger partial charge in [0.05, 0.1) is 19.4 Å². The first-order valence-electron chi connectivity index (χ1n) is 9.08. The number of aromatic nitrogens is 2. The second-order valence-corrected chi connectivity index (χ2v) is 5.85. The molecule has 150 valence electrons. The van der Waals surface area contributed by atoms with Crippen molar-refractivity contribution in [3.8, 4) is 17.2 Å². The highest BCUT2D eigenvalue weighted by Crippen LogP contribution is 2.27. The van der Waals surface area contributed by atoms with Crippen molar-refractivity contribution in [2.45, 2.75) is 6.92 Å². The summed E-state index contributed by atoms with van der Waals surface area (Å²) in [5, 5.41) is 13.9. The monoisotopic (exact) mass is 394 g/mol. The maximum atomic E-state index is 12.1. The van der Waals surface area contributed by atoms with Gasteiger partial charge in [-0.2, -0.15) is 0 Å². The molecule has 8 heteroatoms. The van der Waals surface area contributed by atoms with E-state index in [9.17, 15) is 4.79 Å². The second kappa shape index (κ2) is 9.93. The highest BCUT2D eigenvalue weighted by atomic mass is 16.5. The third-order valence-corrected chi connectivity index (χ3v) is 3.81. The summed E-state index contributed by atoms with van der Waals surface area (Å²) in [6, 6.07) is 18.0. The van der Waals surface area contributed by atoms with Crippen molar-refractivity contribution in [2.24, 2.45) is 0 Å². The Morgan fingerprint density at radius 3 is 2.21 bits per heavy atom. The van der Waals surface area contributed by atoms with E-state index >= 15 is 0 Å². The molecule has 3 aromatic rings. The molecule has 2 aromatic carbocycles. The largest absolute Gasteiger partial charge is 0.493 e. The molecule has 0 fully saturated rings. The van der Waals surface area contributed by atoms with Crippen molar-refractivity contribution < 1.29 is 19.0 Å². The van der Waals surface area contributed by atoms with Gasteiger partial charge in [-0.05, 0) is 43.3 Å². The first-order valence-corrected chi connectivity index (χ1v) is 9.08. The number of hydrogen-bond donors (Lipinski definition) is 2. The van der Waals surface area contributed by atoms with Crippen LogP contribution in [0.1, 0.15) is 6.92 Å². The Bertz CT molecular complexity index is 947. The molecule has 1 heterocycles. The predicted molar refractivity (Wildman–Crippen MR) is 110 cm³/mol. The highest BCUT2D eigenvalue weighted by molar-refractivity contribution is 5.91. The fourth-order valence-corrected chi connectivity index (χ4v) is 2.52. The smallest absolute Gasteiger partial charge is 0.263 e. The number of para-hydroxylation sites is 4. The molecule has 0 atom stereocenters. The molecule has 0 aliphatic heterocycles. The van der Waals surface area contributed by atoms with E-state index in [1.54, 1.807) is 37.4 Å². The quantitative estimate of drug-likeness (QED) is 0.572. The third kappa shape index (κ3) is 5.58. The molecule has 29 heavy (non-hydrogen) atoms. The van der Waals surface area contributed by atoms with Gasteiger partial charge in [0.15, 0.2) is 29.7 Å². The second-order valence-electron chi connectivity index (χ2n) is 5.85. The molecular weight excluding hydrogens is 372 g/mol. The van der Waals surface area contributed by atoms with Crippen LogP contribution in [0.5, 0.6) is 17.2 Å². The number of anilines is 3. The van der Waals surface area contributed by atoms with E-state index in [1.165, 1.54) is 0 Å². The molecule has 2 N–H and O–H groups in total. The maximum Gasteiger partial charge on any atom is 0.263 e. The molecule has 0 bridgehead atoms. The van der Waals surface area contributed by atoms with Crippen LogP contribution < -0.4 is 24.8 Å². The van der Waals surface area contributed by atoms with E-state index in [2.05, 4.69) is 20.8 Å². The number of carbonyl (C=O) groups is 1. The van der Waals surface area contributed by atoms with Crippen molar-refractivity contribution in [1.82, 2.24) is 10.2 Å². The van der Waals surface area contributed by atoms with Crippen molar-refractivity contribution in [3.05, 3.63) is 60.7 Å². The molecule has 3 rings (SSSR count). The Morgan fingerprint density at radius 1 is 0.862 bits per heavy atom. The van der Waals surface area contributed by atoms with Gasteiger partial charge in [0.25, 0.3) is 5.91 Å². The van der Waals surface area contributed by atoms with Crippen molar-refractivity contribution >= 4 is 23.2 Å². The summed E-state index contributed by atoms with van der Waals surface area (Å²) in [5.41, 5.74) is 0.783. The van der Waals surface area contributed by atoms with E-state index in [4.69, 9.17) is 14.2 Å². The SMILES string of the molecule is CCOc1ccccc1Nc1ccc(NC(=O)COc2ccccc2OC)nn1. The minimum atomic E-state index is -0.354. The number of benzene rings is 2. The van der Waals surface area contributed by atoms with E-state index in [1.807, 2.05) is 37.3 Å². The normalized spacial score (nSPS) is 10.1. The number of nitrogens with zero attached hydrogens (tertiary/aromatic N) is 2. The van der Waals surface area contributed by atoms with Crippen LogP contribution in [0.15, 0.2) is 60.7 Å². The third-order valence-electron chi connectivity index (χ3n) is 3.81. The molecule has 0 saturated carbocycles. The number of methoxy groups -OCH3 is 1. The number of amides is 1. The summed E-state index contributed by atoms with van der Waals surface area (Å²) < 4.78 is 16.3. The first-order chi connectivity index (χ1) is 14.2. The fraction of sp³-hybridized carbons (Fsp3) is 0.190. The Balaban J connectivity index is 1.56. The van der Waals surface area contributed by atoms with Crippen LogP contribution in [0.2, 0.25) is 0 Å². The number of hydrogen-bond acceptors (Lipinski definition) is 7. The molecule has 1 amide bonds. The van der Waals surface area contributed by atoms with Gasteiger partial charge in [-0.25, -0.2) is 0 Å². The predicted octanol–water partition coefficient (Wildman–Crippen LogP) is 3.65. The first kappa shape index (κ1) is 19.9. The molecule has 1 aromatic heterocycles. The Kier molecular flexibility index (Phi) is 6.83. The van der Waals surface area contributed by atoms with Gasteiger partial charge in [0.1, 0.15) is 5.75 Å². The van der Waals surface area contributed by atoms with Crippen LogP contribution in [-0.2, 0) is 4.79 Å². The Hall–Kier alpha value is -3.81. The zero-order valence-electron chi connectivity index (χ0n) is 16.2. The van der Waals surface area contributed by atoms with Crippen molar-refractivity contribution in [3.63, 3.8) is 0 Å². The lowest BCUT2D eigenvalue weighted by Gasteiger charge is -2.12. The molecule has 0 radical (unpaired) electrons. The summed E-state index contributed by atoms with van der Waals surface area (Å²) >= 11 is 0. The number of ether oxygens (including phenoxy) is 3. The maximum absolute atomic E-state index is 12.1. The zero-order chi connectivity index (χ0) is 20.5. The molecule has 0 aliphatic rings. The summed E-state index contributed by atoms with van der Waals surface area (Å²) in [6.45, 7) is 2.31. The van der Waals surface area contributed by atoms with E-state index in [0.29, 0.717) is 29.7 Å². The molecular formula is C21H22N4O4. The lowest BCUT2D eigenvalue weighted by Crippen LogP contribution is -2.21. The zero-order valence-corrected chi connectivity index (χ0v) is 16.2. The van der Waals surface area contributed by atoms with E-state index in [0.717, 1.165) is 11.4 Å². The summed E-state index contributed by atoms with van der Waals surface area (Å²) in [5.74, 6) is 2.27. The minimum Gasteiger partial charge on any atom is -0.493 e. The summed E-state index contributed by atoms with van der Waals surface area (Å²) in [7, 11) is 1.54. The van der Waals surface area contributed by atoms with Gasteiger partial charge in [0.2, 0.25) is 0 Å². The van der Waals surface area contributed by atoms with E-state index in [-0.39, 0.29) is 12.5 Å². The standard InChI is InChI=1S/C21H22N4O4/c1-3-28-16-9-5-4-8-15(16)22-19-12-13-20(25-24-19)23-21(26)14-29-18-11-7-6-10-17(18)27-2/h4-13H,3,14H2,1-2H3,(H,22,24)(H,23,25,26). The van der Waals surface area contributed by atoms with Crippen molar-refractivity contribution in [2.75, 3.05) is 31.0 Å². The molecule has 0 unspecified atom stereocenters. The van der Waals surface area contributed by atoms with Crippen LogP contribution in [0.25, 0.3) is 0 Å². The summed E-state index contributed by atoms with van der Waals surface area (Å²) in [6.07, 6.45) is 0. The molecule has 0 spiro atoms. The van der Waals surface area contributed by atoms with Crippen molar-refractivity contribution in [1.29, 1.82) is 0 Å². The van der Waals surface area contributed by atoms with Gasteiger partial charge >= 0.3 is 0 Å². The van der Waals surface area contributed by atoms with Crippen LogP contribution in [0.3, 0.4) is 0 Å². The number of nitrogens with one attached hydrogen (secondary N) is 2. The average molecular weight is 394 g/mol. The van der Waals surface area contributed by atoms with Gasteiger partial charge in [-0.1, -0.05) is 24.3 Å². The fourth-order valence-electron chi connectivity index (χ4n) is 2.52. The van der Waals surface area contributed by atoms with Crippen LogP contribution in [-0.4, -0.2) is 36.4 Å². The van der Waals surface area contributed by atoms with Gasteiger partial charge < -0.3 is 24.8 Å². The molecule has 0 saturated heterocycles. The van der Waals surface area contributed by atoms with Crippen LogP contribution in [0.4, 0.5) is 17.3 Å².